The van der Waals surface area contributed by atoms with Gasteiger partial charge in [-0.2, -0.15) is 0 Å². The average molecular weight is 325 g/mol. The van der Waals surface area contributed by atoms with Crippen molar-refractivity contribution in [3.8, 4) is 11.5 Å². The summed E-state index contributed by atoms with van der Waals surface area (Å²) >= 11 is -4.04. The van der Waals surface area contributed by atoms with Crippen molar-refractivity contribution in [2.45, 2.75) is 9.79 Å². The molecular formula is C12H10BO6S2. The Kier molecular flexibility index (Phi) is 5.51. The van der Waals surface area contributed by atoms with E-state index in [4.69, 9.17) is 18.4 Å². The van der Waals surface area contributed by atoms with E-state index in [-0.39, 0.29) is 9.79 Å². The Morgan fingerprint density at radius 3 is 1.33 bits per heavy atom. The van der Waals surface area contributed by atoms with Crippen LogP contribution in [-0.2, 0) is 22.2 Å². The van der Waals surface area contributed by atoms with Crippen LogP contribution in [0.15, 0.2) is 58.3 Å². The second-order valence-electron chi connectivity index (χ2n) is 3.77. The third-order valence-electron chi connectivity index (χ3n) is 2.42. The predicted molar refractivity (Wildman–Crippen MR) is 78.0 cm³/mol. The Morgan fingerprint density at radius 2 is 1.05 bits per heavy atom. The smallest absolute Gasteiger partial charge is 0.526 e. The molecule has 2 aromatic carbocycles. The van der Waals surface area contributed by atoms with Crippen LogP contribution in [0.25, 0.3) is 0 Å². The van der Waals surface area contributed by atoms with E-state index >= 15 is 0 Å². The van der Waals surface area contributed by atoms with Gasteiger partial charge in [-0.3, -0.25) is 0 Å². The average Bonchev–Trinajstić information content (AvgIpc) is 2.48. The molecule has 0 heterocycles. The molecule has 0 spiro atoms. The van der Waals surface area contributed by atoms with Gasteiger partial charge in [-0.15, -0.1) is 0 Å². The lowest BCUT2D eigenvalue weighted by atomic mass is 10.3. The molecule has 2 atom stereocenters. The van der Waals surface area contributed by atoms with Crippen LogP contribution in [0.1, 0.15) is 0 Å². The molecule has 0 aliphatic rings. The van der Waals surface area contributed by atoms with E-state index < -0.39 is 22.2 Å². The second-order valence-corrected chi connectivity index (χ2v) is 5.71. The second kappa shape index (κ2) is 7.37. The molecule has 2 N–H and O–H groups in total. The maximum Gasteiger partial charge on any atom is 0.658 e. The summed E-state index contributed by atoms with van der Waals surface area (Å²) in [5.41, 5.74) is 0. The van der Waals surface area contributed by atoms with Crippen LogP contribution in [0, 0.1) is 0 Å². The van der Waals surface area contributed by atoms with Gasteiger partial charge >= 0.3 is 7.69 Å². The van der Waals surface area contributed by atoms with Gasteiger partial charge in [0.05, 0.1) is 9.79 Å². The molecule has 6 nitrogen and oxygen atoms in total. The molecule has 21 heavy (non-hydrogen) atoms. The van der Waals surface area contributed by atoms with E-state index in [0.717, 1.165) is 7.69 Å². The normalized spacial score (nSPS) is 13.2. The first-order valence-corrected chi connectivity index (χ1v) is 7.84. The third kappa shape index (κ3) is 4.67. The molecule has 1 radical (unpaired) electrons. The van der Waals surface area contributed by atoms with Gasteiger partial charge in [0.25, 0.3) is 0 Å². The highest BCUT2D eigenvalue weighted by atomic mass is 32.2. The highest BCUT2D eigenvalue weighted by Gasteiger charge is 2.05. The molecule has 0 saturated carbocycles. The van der Waals surface area contributed by atoms with Crippen molar-refractivity contribution in [3.63, 3.8) is 0 Å². The fraction of sp³-hybridized carbons (Fsp3) is 0. The summed E-state index contributed by atoms with van der Waals surface area (Å²) in [5, 5.41) is 0. The number of hydrogen-bond acceptors (Lipinski definition) is 4. The van der Waals surface area contributed by atoms with Crippen molar-refractivity contribution < 1.29 is 26.8 Å². The monoisotopic (exact) mass is 325 g/mol. The molecular weight excluding hydrogens is 315 g/mol. The highest BCUT2D eigenvalue weighted by Crippen LogP contribution is 2.16. The molecule has 0 aliphatic heterocycles. The van der Waals surface area contributed by atoms with E-state index in [9.17, 15) is 8.42 Å². The highest BCUT2D eigenvalue weighted by molar-refractivity contribution is 7.79. The topological polar surface area (TPSA) is 93.1 Å². The largest absolute Gasteiger partial charge is 0.658 e. The van der Waals surface area contributed by atoms with Crippen LogP contribution in [0.2, 0.25) is 0 Å². The minimum atomic E-state index is -2.02. The standard InChI is InChI=1S/C12H10BO6S2/c14-20(15)11-5-1-9(2-6-11)18-13-19-10-3-7-12(8-4-10)21(16)17/h1-8H,(H,14,15)(H,16,17). The summed E-state index contributed by atoms with van der Waals surface area (Å²) in [6.45, 7) is 0. The van der Waals surface area contributed by atoms with E-state index in [0.29, 0.717) is 11.5 Å². The van der Waals surface area contributed by atoms with E-state index in [1.165, 1.54) is 48.5 Å². The molecule has 0 amide bonds. The predicted octanol–water partition coefficient (Wildman–Crippen LogP) is 1.84. The van der Waals surface area contributed by atoms with Gasteiger partial charge in [0.15, 0.2) is 22.2 Å². The SMILES string of the molecule is O=S(O)c1ccc(O[B]Oc2ccc(S(=O)O)cc2)cc1. The lowest BCUT2D eigenvalue weighted by Crippen LogP contribution is -2.10. The maximum atomic E-state index is 10.8. The van der Waals surface area contributed by atoms with Crippen molar-refractivity contribution in [2.24, 2.45) is 0 Å². The molecule has 0 aliphatic carbocycles. The number of hydrogen-bond donors (Lipinski definition) is 2. The zero-order valence-corrected chi connectivity index (χ0v) is 12.2. The molecule has 9 heteroatoms. The summed E-state index contributed by atoms with van der Waals surface area (Å²) in [6, 6.07) is 12.0. The first kappa shape index (κ1) is 15.7. The van der Waals surface area contributed by atoms with Crippen LogP contribution < -0.4 is 9.31 Å². The fourth-order valence-corrected chi connectivity index (χ4v) is 2.14. The molecule has 0 aromatic heterocycles. The van der Waals surface area contributed by atoms with Gasteiger partial charge in [0, 0.05) is 0 Å². The summed E-state index contributed by atoms with van der Waals surface area (Å²) in [5.74, 6) is 0.884. The lowest BCUT2D eigenvalue weighted by Gasteiger charge is -2.07. The molecule has 0 saturated heterocycles. The molecule has 2 rings (SSSR count). The zero-order valence-electron chi connectivity index (χ0n) is 10.5. The Balaban J connectivity index is 1.86. The Hall–Kier alpha value is -1.68. The van der Waals surface area contributed by atoms with Crippen molar-refractivity contribution >= 4 is 29.8 Å². The maximum absolute atomic E-state index is 10.8. The summed E-state index contributed by atoms with van der Waals surface area (Å²) in [6.07, 6.45) is 0. The minimum Gasteiger partial charge on any atom is -0.526 e. The molecule has 109 valence electrons. The van der Waals surface area contributed by atoms with Crippen LogP contribution in [0.3, 0.4) is 0 Å². The Morgan fingerprint density at radius 1 is 0.714 bits per heavy atom. The van der Waals surface area contributed by atoms with Gasteiger partial charge in [-0.1, -0.05) is 0 Å². The first-order valence-electron chi connectivity index (χ1n) is 5.63. The third-order valence-corrected chi connectivity index (χ3v) is 3.77. The van der Waals surface area contributed by atoms with Crippen LogP contribution in [0.4, 0.5) is 0 Å². The lowest BCUT2D eigenvalue weighted by molar-refractivity contribution is 0.458. The molecule has 2 aromatic rings. The van der Waals surface area contributed by atoms with Crippen molar-refractivity contribution in [3.05, 3.63) is 48.5 Å². The van der Waals surface area contributed by atoms with Crippen molar-refractivity contribution in [1.82, 2.24) is 0 Å². The molecule has 0 bridgehead atoms. The van der Waals surface area contributed by atoms with E-state index in [1.807, 2.05) is 0 Å². The van der Waals surface area contributed by atoms with Gasteiger partial charge in [-0.25, -0.2) is 8.42 Å². The van der Waals surface area contributed by atoms with Gasteiger partial charge in [-0.05, 0) is 48.5 Å². The van der Waals surface area contributed by atoms with Gasteiger partial charge in [0.2, 0.25) is 0 Å². The summed E-state index contributed by atoms with van der Waals surface area (Å²) in [4.78, 5) is 0.548. The fourth-order valence-electron chi connectivity index (χ4n) is 1.40. The van der Waals surface area contributed by atoms with Crippen LogP contribution in [0.5, 0.6) is 11.5 Å². The number of rotatable bonds is 6. The number of benzene rings is 2. The van der Waals surface area contributed by atoms with Gasteiger partial charge in [0.1, 0.15) is 11.5 Å². The minimum absolute atomic E-state index is 0.274. The van der Waals surface area contributed by atoms with Crippen molar-refractivity contribution in [1.29, 1.82) is 0 Å². The van der Waals surface area contributed by atoms with E-state index in [2.05, 4.69) is 0 Å². The summed E-state index contributed by atoms with van der Waals surface area (Å²) < 4.78 is 49.7. The first-order chi connectivity index (χ1) is 10.1. The van der Waals surface area contributed by atoms with Gasteiger partial charge < -0.3 is 18.4 Å². The van der Waals surface area contributed by atoms with Crippen LogP contribution in [-0.4, -0.2) is 25.2 Å². The quantitative estimate of drug-likeness (QED) is 0.622. The molecule has 0 fully saturated rings. The summed E-state index contributed by atoms with van der Waals surface area (Å²) in [7, 11) is 1.09. The van der Waals surface area contributed by atoms with Crippen molar-refractivity contribution in [2.75, 3.05) is 0 Å². The van der Waals surface area contributed by atoms with E-state index in [1.54, 1.807) is 0 Å². The molecule has 2 unspecified atom stereocenters. The Bertz CT molecular complexity index is 586. The zero-order chi connectivity index (χ0) is 15.2. The van der Waals surface area contributed by atoms with Crippen LogP contribution >= 0.6 is 0 Å². The Labute approximate surface area is 127 Å².